The van der Waals surface area contributed by atoms with Crippen LogP contribution in [-0.2, 0) is 6.54 Å². The van der Waals surface area contributed by atoms with E-state index in [2.05, 4.69) is 32.9 Å². The van der Waals surface area contributed by atoms with Gasteiger partial charge in [0, 0.05) is 6.54 Å². The lowest BCUT2D eigenvalue weighted by molar-refractivity contribution is 0.648. The molecule has 0 spiro atoms. The van der Waals surface area contributed by atoms with E-state index in [1.807, 2.05) is 0 Å². The summed E-state index contributed by atoms with van der Waals surface area (Å²) in [6.07, 6.45) is 5.90. The largest absolute Gasteiger partial charge is 0.382 e. The molecule has 0 bridgehead atoms. The van der Waals surface area contributed by atoms with Crippen molar-refractivity contribution in [1.29, 1.82) is 0 Å². The fourth-order valence-corrected chi connectivity index (χ4v) is 1.86. The normalized spacial score (nSPS) is 14.8. The highest BCUT2D eigenvalue weighted by atomic mass is 79.9. The first-order chi connectivity index (χ1) is 7.72. The monoisotopic (exact) mass is 283 g/mol. The van der Waals surface area contributed by atoms with Crippen molar-refractivity contribution >= 4 is 21.6 Å². The van der Waals surface area contributed by atoms with E-state index in [4.69, 9.17) is 0 Å². The molecule has 0 saturated heterocycles. The van der Waals surface area contributed by atoms with E-state index in [0.717, 1.165) is 18.2 Å². The van der Waals surface area contributed by atoms with Crippen LogP contribution in [0.3, 0.4) is 0 Å². The number of allylic oxidation sites excluding steroid dienone is 1. The molecule has 1 aliphatic rings. The van der Waals surface area contributed by atoms with Crippen molar-refractivity contribution in [3.8, 4) is 0 Å². The predicted molar refractivity (Wildman–Crippen MR) is 67.6 cm³/mol. The summed E-state index contributed by atoms with van der Waals surface area (Å²) in [5, 5.41) is 7.30. The van der Waals surface area contributed by atoms with Crippen molar-refractivity contribution in [2.45, 2.75) is 19.4 Å². The van der Waals surface area contributed by atoms with Gasteiger partial charge in [0.2, 0.25) is 0 Å². The van der Waals surface area contributed by atoms with Gasteiger partial charge in [-0.1, -0.05) is 6.08 Å². The number of nitrogens with zero attached hydrogens (tertiary/aromatic N) is 2. The predicted octanol–water partition coefficient (Wildman–Crippen LogP) is 2.01. The van der Waals surface area contributed by atoms with Gasteiger partial charge in [0.1, 0.15) is 4.47 Å². The van der Waals surface area contributed by atoms with Crippen LogP contribution < -0.4 is 10.9 Å². The summed E-state index contributed by atoms with van der Waals surface area (Å²) in [6, 6.07) is 0. The Morgan fingerprint density at radius 2 is 2.44 bits per heavy atom. The molecule has 2 rings (SSSR count). The number of anilines is 1. The van der Waals surface area contributed by atoms with E-state index in [0.29, 0.717) is 11.0 Å². The van der Waals surface area contributed by atoms with Gasteiger partial charge in [-0.3, -0.25) is 4.79 Å². The van der Waals surface area contributed by atoms with Crippen molar-refractivity contribution in [2.75, 3.05) is 11.9 Å². The Labute approximate surface area is 102 Å². The quantitative estimate of drug-likeness (QED) is 0.841. The Balaban J connectivity index is 2.16. The summed E-state index contributed by atoms with van der Waals surface area (Å²) in [5.41, 5.74) is 0.651. The highest BCUT2D eigenvalue weighted by Crippen LogP contribution is 2.29. The van der Waals surface area contributed by atoms with Gasteiger partial charge in [0.15, 0.2) is 0 Å². The molecule has 0 atom stereocenters. The number of rotatable bonds is 5. The molecule has 5 heteroatoms. The summed E-state index contributed by atoms with van der Waals surface area (Å²) < 4.78 is 1.92. The molecular weight excluding hydrogens is 270 g/mol. The number of hydrogen-bond acceptors (Lipinski definition) is 3. The third-order valence-electron chi connectivity index (χ3n) is 2.57. The summed E-state index contributed by atoms with van der Waals surface area (Å²) in [7, 11) is 0. The molecule has 1 fully saturated rings. The van der Waals surface area contributed by atoms with Gasteiger partial charge >= 0.3 is 0 Å². The number of nitrogens with one attached hydrogen (secondary N) is 1. The van der Waals surface area contributed by atoms with Gasteiger partial charge in [0.25, 0.3) is 5.56 Å². The van der Waals surface area contributed by atoms with Gasteiger partial charge in [-0.2, -0.15) is 5.10 Å². The van der Waals surface area contributed by atoms with Crippen LogP contribution in [0.15, 0.2) is 28.1 Å². The Kier molecular flexibility index (Phi) is 3.43. The first-order valence-electron chi connectivity index (χ1n) is 5.32. The van der Waals surface area contributed by atoms with E-state index >= 15 is 0 Å². The van der Waals surface area contributed by atoms with Crippen LogP contribution in [0.25, 0.3) is 0 Å². The first kappa shape index (κ1) is 11.4. The lowest BCUT2D eigenvalue weighted by Crippen LogP contribution is -2.24. The maximum atomic E-state index is 11.8. The Morgan fingerprint density at radius 1 is 1.69 bits per heavy atom. The average molecular weight is 284 g/mol. The van der Waals surface area contributed by atoms with Crippen molar-refractivity contribution in [3.05, 3.63) is 33.7 Å². The third kappa shape index (κ3) is 2.52. The summed E-state index contributed by atoms with van der Waals surface area (Å²) in [6.45, 7) is 4.94. The molecule has 0 unspecified atom stereocenters. The molecule has 16 heavy (non-hydrogen) atoms. The average Bonchev–Trinajstić information content (AvgIpc) is 3.08. The minimum Gasteiger partial charge on any atom is -0.382 e. The van der Waals surface area contributed by atoms with Gasteiger partial charge in [-0.25, -0.2) is 4.68 Å². The molecule has 0 aliphatic heterocycles. The molecule has 0 amide bonds. The summed E-state index contributed by atoms with van der Waals surface area (Å²) >= 11 is 3.30. The summed E-state index contributed by atoms with van der Waals surface area (Å²) in [4.78, 5) is 11.8. The molecule has 0 aromatic carbocycles. The van der Waals surface area contributed by atoms with Crippen LogP contribution in [0.4, 0.5) is 5.69 Å². The van der Waals surface area contributed by atoms with Crippen LogP contribution in [0.2, 0.25) is 0 Å². The lowest BCUT2D eigenvalue weighted by Gasteiger charge is -2.08. The van der Waals surface area contributed by atoms with E-state index in [9.17, 15) is 4.79 Å². The molecule has 1 aromatic rings. The van der Waals surface area contributed by atoms with Gasteiger partial charge in [-0.15, -0.1) is 6.58 Å². The molecule has 0 radical (unpaired) electrons. The van der Waals surface area contributed by atoms with E-state index in [1.54, 1.807) is 12.3 Å². The van der Waals surface area contributed by atoms with Crippen LogP contribution in [0.1, 0.15) is 12.8 Å². The molecule has 1 saturated carbocycles. The van der Waals surface area contributed by atoms with Crippen LogP contribution >= 0.6 is 15.9 Å². The Morgan fingerprint density at radius 3 is 3.06 bits per heavy atom. The first-order valence-corrected chi connectivity index (χ1v) is 6.12. The highest BCUT2D eigenvalue weighted by molar-refractivity contribution is 9.10. The second-order valence-electron chi connectivity index (χ2n) is 3.97. The molecule has 1 aliphatic carbocycles. The smallest absolute Gasteiger partial charge is 0.283 e. The standard InChI is InChI=1S/C11H14BrN3O/c1-2-5-15-11(16)10(12)9(7-14-15)13-6-8-3-4-8/h2,7-8,13H,1,3-6H2. The minimum absolute atomic E-state index is 0.124. The topological polar surface area (TPSA) is 46.9 Å². The van der Waals surface area contributed by atoms with Crippen molar-refractivity contribution in [2.24, 2.45) is 5.92 Å². The Hall–Kier alpha value is -1.10. The second kappa shape index (κ2) is 4.82. The number of hydrogen-bond donors (Lipinski definition) is 1. The number of aromatic nitrogens is 2. The second-order valence-corrected chi connectivity index (χ2v) is 4.77. The zero-order chi connectivity index (χ0) is 11.5. The Bertz CT molecular complexity index is 451. The highest BCUT2D eigenvalue weighted by Gasteiger charge is 2.21. The van der Waals surface area contributed by atoms with E-state index < -0.39 is 0 Å². The zero-order valence-electron chi connectivity index (χ0n) is 8.95. The van der Waals surface area contributed by atoms with Gasteiger partial charge in [0.05, 0.1) is 18.4 Å². The fourth-order valence-electron chi connectivity index (χ4n) is 1.42. The molecule has 86 valence electrons. The maximum absolute atomic E-state index is 11.8. The SMILES string of the molecule is C=CCn1ncc(NCC2CC2)c(Br)c1=O. The van der Waals surface area contributed by atoms with Crippen LogP contribution in [0, 0.1) is 5.92 Å². The van der Waals surface area contributed by atoms with Crippen LogP contribution in [0.5, 0.6) is 0 Å². The van der Waals surface area contributed by atoms with E-state index in [-0.39, 0.29) is 5.56 Å². The molecule has 1 N–H and O–H groups in total. The van der Waals surface area contributed by atoms with Crippen molar-refractivity contribution in [1.82, 2.24) is 9.78 Å². The van der Waals surface area contributed by atoms with Gasteiger partial charge in [-0.05, 0) is 34.7 Å². The maximum Gasteiger partial charge on any atom is 0.283 e. The lowest BCUT2D eigenvalue weighted by atomic mass is 10.4. The molecular formula is C11H14BrN3O. The van der Waals surface area contributed by atoms with Crippen molar-refractivity contribution in [3.63, 3.8) is 0 Å². The van der Waals surface area contributed by atoms with E-state index in [1.165, 1.54) is 17.5 Å². The molecule has 1 heterocycles. The van der Waals surface area contributed by atoms with Crippen LogP contribution in [-0.4, -0.2) is 16.3 Å². The molecule has 4 nitrogen and oxygen atoms in total. The third-order valence-corrected chi connectivity index (χ3v) is 3.33. The van der Waals surface area contributed by atoms with Crippen molar-refractivity contribution < 1.29 is 0 Å². The zero-order valence-corrected chi connectivity index (χ0v) is 10.5. The molecule has 1 aromatic heterocycles. The fraction of sp³-hybridized carbons (Fsp3) is 0.455. The number of halogens is 1. The summed E-state index contributed by atoms with van der Waals surface area (Å²) in [5.74, 6) is 0.766. The van der Waals surface area contributed by atoms with Gasteiger partial charge < -0.3 is 5.32 Å². The minimum atomic E-state index is -0.124.